The number of hydrogen-bond acceptors (Lipinski definition) is 2. The van der Waals surface area contributed by atoms with Crippen LogP contribution in [-0.2, 0) is 11.3 Å². The van der Waals surface area contributed by atoms with Gasteiger partial charge in [0.2, 0.25) is 5.91 Å². The molecular weight excluding hydrogens is 427 g/mol. The highest BCUT2D eigenvalue weighted by atomic mass is 127. The molecule has 0 aliphatic carbocycles. The number of aryl methyl sites for hydroxylation is 1. The van der Waals surface area contributed by atoms with Crippen LogP contribution in [0.5, 0.6) is 0 Å². The van der Waals surface area contributed by atoms with Gasteiger partial charge in [0, 0.05) is 12.2 Å². The van der Waals surface area contributed by atoms with E-state index in [9.17, 15) is 4.79 Å². The largest absolute Gasteiger partial charge is 0.355 e. The standard InChI is InChI=1S/C19H24N4O.HI/c1-3-20-18(24)14-22-19(23-17-7-5-4-6-8-17)21-13-16-11-9-15(2)10-12-16;/h4-12H,3,13-14H2,1-2H3,(H,20,24)(H2,21,22,23);1H. The summed E-state index contributed by atoms with van der Waals surface area (Å²) in [5, 5.41) is 9.04. The third-order valence-corrected chi connectivity index (χ3v) is 3.37. The molecule has 0 saturated carbocycles. The van der Waals surface area contributed by atoms with Crippen molar-refractivity contribution in [2.24, 2.45) is 4.99 Å². The number of likely N-dealkylation sites (N-methyl/N-ethyl adjacent to an activating group) is 1. The molecule has 2 rings (SSSR count). The molecule has 0 fully saturated rings. The van der Waals surface area contributed by atoms with E-state index in [2.05, 4.69) is 52.1 Å². The van der Waals surface area contributed by atoms with E-state index in [-0.39, 0.29) is 36.4 Å². The van der Waals surface area contributed by atoms with Crippen molar-refractivity contribution in [1.29, 1.82) is 0 Å². The van der Waals surface area contributed by atoms with Crippen molar-refractivity contribution in [3.63, 3.8) is 0 Å². The number of hydrogen-bond donors (Lipinski definition) is 3. The van der Waals surface area contributed by atoms with Gasteiger partial charge in [-0.2, -0.15) is 0 Å². The highest BCUT2D eigenvalue weighted by Gasteiger charge is 2.04. The molecule has 0 aromatic heterocycles. The van der Waals surface area contributed by atoms with Crippen LogP contribution in [-0.4, -0.2) is 25.0 Å². The van der Waals surface area contributed by atoms with Crippen LogP contribution in [0.1, 0.15) is 18.1 Å². The molecule has 0 aliphatic rings. The monoisotopic (exact) mass is 452 g/mol. The molecular formula is C19H25IN4O. The molecule has 0 atom stereocenters. The van der Waals surface area contributed by atoms with Crippen molar-refractivity contribution in [1.82, 2.24) is 10.6 Å². The van der Waals surface area contributed by atoms with Crippen molar-refractivity contribution < 1.29 is 4.79 Å². The summed E-state index contributed by atoms with van der Waals surface area (Å²) in [7, 11) is 0. The Kier molecular flexibility index (Phi) is 9.61. The van der Waals surface area contributed by atoms with Gasteiger partial charge in [-0.25, -0.2) is 4.99 Å². The molecule has 6 heteroatoms. The number of amides is 1. The van der Waals surface area contributed by atoms with Gasteiger partial charge in [0.25, 0.3) is 0 Å². The summed E-state index contributed by atoms with van der Waals surface area (Å²) >= 11 is 0. The predicted molar refractivity (Wildman–Crippen MR) is 114 cm³/mol. The van der Waals surface area contributed by atoms with Crippen LogP contribution in [0.15, 0.2) is 59.6 Å². The van der Waals surface area contributed by atoms with Crippen LogP contribution in [0.25, 0.3) is 0 Å². The van der Waals surface area contributed by atoms with Gasteiger partial charge in [-0.1, -0.05) is 48.0 Å². The minimum absolute atomic E-state index is 0. The zero-order valence-corrected chi connectivity index (χ0v) is 16.9. The van der Waals surface area contributed by atoms with E-state index >= 15 is 0 Å². The molecule has 0 heterocycles. The summed E-state index contributed by atoms with van der Waals surface area (Å²) in [6, 6.07) is 18.0. The summed E-state index contributed by atoms with van der Waals surface area (Å²) in [5.41, 5.74) is 3.26. The first-order chi connectivity index (χ1) is 11.7. The Hall–Kier alpha value is -2.09. The first kappa shape index (κ1) is 21.0. The highest BCUT2D eigenvalue weighted by molar-refractivity contribution is 14.0. The number of carbonyl (C=O) groups is 1. The van der Waals surface area contributed by atoms with E-state index in [0.717, 1.165) is 11.3 Å². The lowest BCUT2D eigenvalue weighted by atomic mass is 10.1. The van der Waals surface area contributed by atoms with Crippen molar-refractivity contribution in [2.45, 2.75) is 20.4 Å². The van der Waals surface area contributed by atoms with Gasteiger partial charge >= 0.3 is 0 Å². The second-order valence-electron chi connectivity index (χ2n) is 5.45. The third-order valence-electron chi connectivity index (χ3n) is 3.37. The van der Waals surface area contributed by atoms with Gasteiger partial charge in [0.05, 0.1) is 13.1 Å². The molecule has 5 nitrogen and oxygen atoms in total. The normalized spacial score (nSPS) is 10.6. The predicted octanol–water partition coefficient (Wildman–Crippen LogP) is 3.31. The molecule has 0 aliphatic heterocycles. The van der Waals surface area contributed by atoms with Gasteiger partial charge < -0.3 is 16.0 Å². The molecule has 1 amide bonds. The number of aliphatic imine (C=N–C) groups is 1. The second kappa shape index (κ2) is 11.5. The number of para-hydroxylation sites is 1. The molecule has 2 aromatic rings. The Morgan fingerprint density at radius 2 is 1.68 bits per heavy atom. The second-order valence-corrected chi connectivity index (χ2v) is 5.45. The first-order valence-electron chi connectivity index (χ1n) is 8.10. The molecule has 3 N–H and O–H groups in total. The Labute approximate surface area is 166 Å². The van der Waals surface area contributed by atoms with E-state index in [1.807, 2.05) is 37.3 Å². The van der Waals surface area contributed by atoms with E-state index < -0.39 is 0 Å². The first-order valence-corrected chi connectivity index (χ1v) is 8.10. The number of benzene rings is 2. The maximum atomic E-state index is 11.7. The number of guanidine groups is 1. The number of anilines is 1. The lowest BCUT2D eigenvalue weighted by Crippen LogP contribution is -2.39. The van der Waals surface area contributed by atoms with Gasteiger partial charge in [-0.05, 0) is 31.5 Å². The zero-order chi connectivity index (χ0) is 17.2. The minimum Gasteiger partial charge on any atom is -0.355 e. The molecule has 134 valence electrons. The van der Waals surface area contributed by atoms with Crippen molar-refractivity contribution in [3.05, 3.63) is 65.7 Å². The smallest absolute Gasteiger partial charge is 0.239 e. The van der Waals surface area contributed by atoms with Gasteiger partial charge in [0.15, 0.2) is 5.96 Å². The summed E-state index contributed by atoms with van der Waals surface area (Å²) in [6.07, 6.45) is 0. The van der Waals surface area contributed by atoms with Crippen molar-refractivity contribution in [3.8, 4) is 0 Å². The fraction of sp³-hybridized carbons (Fsp3) is 0.263. The summed E-state index contributed by atoms with van der Waals surface area (Å²) in [4.78, 5) is 16.2. The summed E-state index contributed by atoms with van der Waals surface area (Å²) < 4.78 is 0. The fourth-order valence-corrected chi connectivity index (χ4v) is 2.09. The topological polar surface area (TPSA) is 65.5 Å². The zero-order valence-electron chi connectivity index (χ0n) is 14.6. The van der Waals surface area contributed by atoms with Crippen LogP contribution in [0.3, 0.4) is 0 Å². The number of nitrogens with one attached hydrogen (secondary N) is 3. The van der Waals surface area contributed by atoms with Crippen LogP contribution >= 0.6 is 24.0 Å². The maximum absolute atomic E-state index is 11.7. The lowest BCUT2D eigenvalue weighted by Gasteiger charge is -2.12. The van der Waals surface area contributed by atoms with Crippen LogP contribution < -0.4 is 16.0 Å². The number of rotatable bonds is 6. The summed E-state index contributed by atoms with van der Waals surface area (Å²) in [5.74, 6) is 0.517. The molecule has 0 radical (unpaired) electrons. The fourth-order valence-electron chi connectivity index (χ4n) is 2.09. The van der Waals surface area contributed by atoms with Gasteiger partial charge in [0.1, 0.15) is 0 Å². The Bertz CT molecular complexity index is 672. The van der Waals surface area contributed by atoms with E-state index in [4.69, 9.17) is 0 Å². The average Bonchev–Trinajstić information content (AvgIpc) is 2.60. The van der Waals surface area contributed by atoms with Crippen LogP contribution in [0, 0.1) is 6.92 Å². The van der Waals surface area contributed by atoms with E-state index in [0.29, 0.717) is 19.0 Å². The lowest BCUT2D eigenvalue weighted by molar-refractivity contribution is -0.119. The van der Waals surface area contributed by atoms with Gasteiger partial charge in [-0.3, -0.25) is 4.79 Å². The average molecular weight is 452 g/mol. The van der Waals surface area contributed by atoms with Gasteiger partial charge in [-0.15, -0.1) is 24.0 Å². The maximum Gasteiger partial charge on any atom is 0.239 e. The molecule has 25 heavy (non-hydrogen) atoms. The van der Waals surface area contributed by atoms with Crippen molar-refractivity contribution >= 4 is 41.5 Å². The van der Waals surface area contributed by atoms with E-state index in [1.54, 1.807) is 0 Å². The Morgan fingerprint density at radius 3 is 2.32 bits per heavy atom. The minimum atomic E-state index is -0.0598. The Balaban J connectivity index is 0.00000312. The number of carbonyl (C=O) groups excluding carboxylic acids is 1. The number of halogens is 1. The quantitative estimate of drug-likeness (QED) is 0.358. The third kappa shape index (κ3) is 8.02. The van der Waals surface area contributed by atoms with E-state index in [1.165, 1.54) is 5.56 Å². The highest BCUT2D eigenvalue weighted by Crippen LogP contribution is 2.07. The number of nitrogens with zero attached hydrogens (tertiary/aromatic N) is 1. The van der Waals surface area contributed by atoms with Crippen LogP contribution in [0.4, 0.5) is 5.69 Å². The summed E-state index contributed by atoms with van der Waals surface area (Å²) in [6.45, 7) is 5.29. The van der Waals surface area contributed by atoms with Crippen LogP contribution in [0.2, 0.25) is 0 Å². The molecule has 2 aromatic carbocycles. The SMILES string of the molecule is CCNC(=O)CNC(=NCc1ccc(C)cc1)Nc1ccccc1.I. The van der Waals surface area contributed by atoms with Crippen molar-refractivity contribution in [2.75, 3.05) is 18.4 Å². The molecule has 0 saturated heterocycles. The molecule has 0 spiro atoms. The molecule has 0 bridgehead atoms. The Morgan fingerprint density at radius 1 is 1.00 bits per heavy atom. The molecule has 0 unspecified atom stereocenters.